The molecular formula is C12H15F2NO. The standard InChI is InChI=1S/C12H15F2NO/c13-12(14)16-11-5-3-9(4-6-11)10-2-1-7-15-8-10/h3-6,10,12,15H,1-2,7-8H2/t10-/m1/s1. The van der Waals surface area contributed by atoms with Crippen LogP contribution in [0.2, 0.25) is 0 Å². The molecule has 0 amide bonds. The van der Waals surface area contributed by atoms with E-state index in [9.17, 15) is 8.78 Å². The molecule has 1 aliphatic rings. The normalized spacial score (nSPS) is 21.1. The first-order valence-corrected chi connectivity index (χ1v) is 5.51. The molecule has 0 bridgehead atoms. The molecule has 2 rings (SSSR count). The molecule has 0 aliphatic carbocycles. The molecule has 0 radical (unpaired) electrons. The Morgan fingerprint density at radius 3 is 2.56 bits per heavy atom. The Bertz CT molecular complexity index is 320. The van der Waals surface area contributed by atoms with E-state index < -0.39 is 6.61 Å². The third-order valence-electron chi connectivity index (χ3n) is 2.87. The van der Waals surface area contributed by atoms with Gasteiger partial charge in [0.15, 0.2) is 0 Å². The van der Waals surface area contributed by atoms with E-state index in [0.29, 0.717) is 5.92 Å². The van der Waals surface area contributed by atoms with E-state index in [-0.39, 0.29) is 5.75 Å². The van der Waals surface area contributed by atoms with Crippen LogP contribution in [-0.4, -0.2) is 19.7 Å². The van der Waals surface area contributed by atoms with E-state index >= 15 is 0 Å². The van der Waals surface area contributed by atoms with Crippen LogP contribution < -0.4 is 10.1 Å². The summed E-state index contributed by atoms with van der Waals surface area (Å²) in [5.41, 5.74) is 1.19. The number of hydrogen-bond donors (Lipinski definition) is 1. The Kier molecular flexibility index (Phi) is 3.72. The van der Waals surface area contributed by atoms with Gasteiger partial charge in [-0.25, -0.2) is 0 Å². The molecule has 1 aliphatic heterocycles. The van der Waals surface area contributed by atoms with E-state index in [1.54, 1.807) is 12.1 Å². The Balaban J connectivity index is 2.00. The summed E-state index contributed by atoms with van der Waals surface area (Å²) in [4.78, 5) is 0. The lowest BCUT2D eigenvalue weighted by Crippen LogP contribution is -2.28. The summed E-state index contributed by atoms with van der Waals surface area (Å²) in [6, 6.07) is 6.96. The number of benzene rings is 1. The zero-order chi connectivity index (χ0) is 11.4. The van der Waals surface area contributed by atoms with Crippen LogP contribution in [-0.2, 0) is 0 Å². The highest BCUT2D eigenvalue weighted by molar-refractivity contribution is 5.29. The molecule has 1 aromatic carbocycles. The highest BCUT2D eigenvalue weighted by atomic mass is 19.3. The van der Waals surface area contributed by atoms with E-state index in [1.165, 1.54) is 12.0 Å². The van der Waals surface area contributed by atoms with Crippen LogP contribution in [0.3, 0.4) is 0 Å². The fraction of sp³-hybridized carbons (Fsp3) is 0.500. The van der Waals surface area contributed by atoms with Gasteiger partial charge in [-0.05, 0) is 43.0 Å². The predicted octanol–water partition coefficient (Wildman–Crippen LogP) is 2.76. The van der Waals surface area contributed by atoms with Crippen molar-refractivity contribution in [2.45, 2.75) is 25.4 Å². The molecular weight excluding hydrogens is 212 g/mol. The van der Waals surface area contributed by atoms with Gasteiger partial charge in [0.2, 0.25) is 0 Å². The van der Waals surface area contributed by atoms with Crippen molar-refractivity contribution in [1.82, 2.24) is 5.32 Å². The molecule has 0 unspecified atom stereocenters. The second-order valence-corrected chi connectivity index (χ2v) is 3.99. The Labute approximate surface area is 93.6 Å². The fourth-order valence-corrected chi connectivity index (χ4v) is 2.06. The summed E-state index contributed by atoms with van der Waals surface area (Å²) in [5.74, 6) is 0.719. The molecule has 1 fully saturated rings. The topological polar surface area (TPSA) is 21.3 Å². The van der Waals surface area contributed by atoms with Crippen molar-refractivity contribution in [2.24, 2.45) is 0 Å². The van der Waals surface area contributed by atoms with Crippen LogP contribution in [0.1, 0.15) is 24.3 Å². The van der Waals surface area contributed by atoms with Gasteiger partial charge in [0.1, 0.15) is 5.75 Å². The minimum Gasteiger partial charge on any atom is -0.435 e. The average molecular weight is 227 g/mol. The lowest BCUT2D eigenvalue weighted by Gasteiger charge is -2.23. The summed E-state index contributed by atoms with van der Waals surface area (Å²) >= 11 is 0. The van der Waals surface area contributed by atoms with Crippen molar-refractivity contribution < 1.29 is 13.5 Å². The van der Waals surface area contributed by atoms with Crippen molar-refractivity contribution in [3.05, 3.63) is 29.8 Å². The fourth-order valence-electron chi connectivity index (χ4n) is 2.06. The van der Waals surface area contributed by atoms with Gasteiger partial charge in [-0.3, -0.25) is 0 Å². The molecule has 1 heterocycles. The van der Waals surface area contributed by atoms with Gasteiger partial charge < -0.3 is 10.1 Å². The van der Waals surface area contributed by atoms with E-state index in [1.807, 2.05) is 12.1 Å². The first-order valence-electron chi connectivity index (χ1n) is 5.51. The molecule has 1 saturated heterocycles. The van der Waals surface area contributed by atoms with Crippen molar-refractivity contribution in [3.8, 4) is 5.75 Å². The third-order valence-corrected chi connectivity index (χ3v) is 2.87. The maximum atomic E-state index is 11.9. The number of halogens is 2. The molecule has 2 nitrogen and oxygen atoms in total. The Hall–Kier alpha value is -1.16. The summed E-state index contributed by atoms with van der Waals surface area (Å²) in [7, 11) is 0. The largest absolute Gasteiger partial charge is 0.435 e. The molecule has 1 aromatic rings. The predicted molar refractivity (Wildman–Crippen MR) is 57.9 cm³/mol. The van der Waals surface area contributed by atoms with Crippen molar-refractivity contribution >= 4 is 0 Å². The maximum absolute atomic E-state index is 11.9. The van der Waals surface area contributed by atoms with Crippen LogP contribution in [0.5, 0.6) is 5.75 Å². The summed E-state index contributed by atoms with van der Waals surface area (Å²) in [6.07, 6.45) is 2.32. The second kappa shape index (κ2) is 5.25. The number of piperidine rings is 1. The Morgan fingerprint density at radius 2 is 2.00 bits per heavy atom. The average Bonchev–Trinajstić information content (AvgIpc) is 2.30. The van der Waals surface area contributed by atoms with Gasteiger partial charge in [-0.1, -0.05) is 12.1 Å². The van der Waals surface area contributed by atoms with Crippen LogP contribution in [0, 0.1) is 0 Å². The van der Waals surface area contributed by atoms with Crippen LogP contribution in [0.4, 0.5) is 8.78 Å². The highest BCUT2D eigenvalue weighted by Gasteiger charge is 2.15. The Morgan fingerprint density at radius 1 is 1.25 bits per heavy atom. The van der Waals surface area contributed by atoms with Crippen molar-refractivity contribution in [3.63, 3.8) is 0 Å². The zero-order valence-corrected chi connectivity index (χ0v) is 8.96. The van der Waals surface area contributed by atoms with E-state index in [2.05, 4.69) is 10.1 Å². The lowest BCUT2D eigenvalue weighted by atomic mass is 9.92. The van der Waals surface area contributed by atoms with Gasteiger partial charge in [-0.15, -0.1) is 0 Å². The van der Waals surface area contributed by atoms with Gasteiger partial charge in [0.05, 0.1) is 0 Å². The smallest absolute Gasteiger partial charge is 0.387 e. The summed E-state index contributed by atoms with van der Waals surface area (Å²) < 4.78 is 28.2. The monoisotopic (exact) mass is 227 g/mol. The lowest BCUT2D eigenvalue weighted by molar-refractivity contribution is -0.0498. The molecule has 0 saturated carbocycles. The van der Waals surface area contributed by atoms with Gasteiger partial charge in [-0.2, -0.15) is 8.78 Å². The van der Waals surface area contributed by atoms with Crippen LogP contribution in [0.25, 0.3) is 0 Å². The summed E-state index contributed by atoms with van der Waals surface area (Å²) in [5, 5.41) is 3.33. The quantitative estimate of drug-likeness (QED) is 0.857. The molecule has 4 heteroatoms. The van der Waals surface area contributed by atoms with Gasteiger partial charge >= 0.3 is 6.61 Å². The van der Waals surface area contributed by atoms with Crippen LogP contribution in [0.15, 0.2) is 24.3 Å². The maximum Gasteiger partial charge on any atom is 0.387 e. The van der Waals surface area contributed by atoms with Crippen molar-refractivity contribution in [1.29, 1.82) is 0 Å². The minimum absolute atomic E-state index is 0.225. The number of ether oxygens (including phenoxy) is 1. The summed E-state index contributed by atoms with van der Waals surface area (Å²) in [6.45, 7) is -0.708. The highest BCUT2D eigenvalue weighted by Crippen LogP contribution is 2.25. The van der Waals surface area contributed by atoms with Gasteiger partial charge in [0.25, 0.3) is 0 Å². The van der Waals surface area contributed by atoms with E-state index in [0.717, 1.165) is 19.5 Å². The molecule has 0 spiro atoms. The first kappa shape index (κ1) is 11.3. The molecule has 0 aromatic heterocycles. The molecule has 88 valence electrons. The zero-order valence-electron chi connectivity index (χ0n) is 8.96. The minimum atomic E-state index is -2.75. The van der Waals surface area contributed by atoms with E-state index in [4.69, 9.17) is 0 Å². The third kappa shape index (κ3) is 2.92. The van der Waals surface area contributed by atoms with Crippen molar-refractivity contribution in [2.75, 3.05) is 13.1 Å². The van der Waals surface area contributed by atoms with Gasteiger partial charge in [0, 0.05) is 6.54 Å². The molecule has 1 atom stereocenters. The first-order chi connectivity index (χ1) is 7.75. The van der Waals surface area contributed by atoms with Crippen LogP contribution >= 0.6 is 0 Å². The SMILES string of the molecule is FC(F)Oc1ccc([C@@H]2CCCNC2)cc1. The number of hydrogen-bond acceptors (Lipinski definition) is 2. The number of nitrogens with one attached hydrogen (secondary N) is 1. The molecule has 1 N–H and O–H groups in total. The molecule has 16 heavy (non-hydrogen) atoms. The number of rotatable bonds is 3. The second-order valence-electron chi connectivity index (χ2n) is 3.99. The number of alkyl halides is 2.